The fourth-order valence-electron chi connectivity index (χ4n) is 3.28. The molecule has 0 saturated heterocycles. The first kappa shape index (κ1) is 25.7. The molecule has 2 aromatic carbocycles. The van der Waals surface area contributed by atoms with Crippen molar-refractivity contribution in [1.29, 1.82) is 0 Å². The van der Waals surface area contributed by atoms with Crippen LogP contribution in [0.5, 0.6) is 0 Å². The third-order valence-corrected chi connectivity index (χ3v) is 5.05. The van der Waals surface area contributed by atoms with Gasteiger partial charge in [-0.2, -0.15) is 26.3 Å². The molecule has 5 nitrogen and oxygen atoms in total. The standard InChI is InChI=1S/C24H19F6N3O2/c1-33(2)22(35)20(15-5-3-6-17(13-15)24(28,29)30)32-21(34)18-7-4-12-31-19(18)14-8-10-16(11-9-14)23(25,26)27/h3-13,20H,1-2H3,(H,32,34). The van der Waals surface area contributed by atoms with Crippen LogP contribution in [0.3, 0.4) is 0 Å². The predicted molar refractivity (Wildman–Crippen MR) is 115 cm³/mol. The molecule has 0 aliphatic carbocycles. The Bertz CT molecular complexity index is 1220. The second-order valence-electron chi connectivity index (χ2n) is 7.74. The number of hydrogen-bond donors (Lipinski definition) is 1. The number of carbonyl (C=O) groups is 2. The van der Waals surface area contributed by atoms with Crippen molar-refractivity contribution in [3.8, 4) is 11.3 Å². The number of aromatic nitrogens is 1. The van der Waals surface area contributed by atoms with E-state index >= 15 is 0 Å². The van der Waals surface area contributed by atoms with Gasteiger partial charge in [0.15, 0.2) is 0 Å². The van der Waals surface area contributed by atoms with Crippen LogP contribution in [0.15, 0.2) is 66.9 Å². The Labute approximate surface area is 196 Å². The van der Waals surface area contributed by atoms with Gasteiger partial charge in [-0.1, -0.05) is 24.3 Å². The van der Waals surface area contributed by atoms with E-state index in [4.69, 9.17) is 0 Å². The average Bonchev–Trinajstić information content (AvgIpc) is 2.81. The Morgan fingerprint density at radius 3 is 2.06 bits per heavy atom. The van der Waals surface area contributed by atoms with E-state index in [1.807, 2.05) is 0 Å². The minimum atomic E-state index is -4.66. The summed E-state index contributed by atoms with van der Waals surface area (Å²) < 4.78 is 78.3. The van der Waals surface area contributed by atoms with E-state index in [0.717, 1.165) is 47.4 Å². The smallest absolute Gasteiger partial charge is 0.347 e. The van der Waals surface area contributed by atoms with Crippen LogP contribution in [-0.4, -0.2) is 35.8 Å². The zero-order valence-electron chi connectivity index (χ0n) is 18.4. The topological polar surface area (TPSA) is 62.3 Å². The molecule has 1 aromatic heterocycles. The van der Waals surface area contributed by atoms with E-state index in [9.17, 15) is 35.9 Å². The molecule has 35 heavy (non-hydrogen) atoms. The second kappa shape index (κ2) is 9.77. The van der Waals surface area contributed by atoms with E-state index in [1.165, 1.54) is 38.5 Å². The largest absolute Gasteiger partial charge is 0.416 e. The summed E-state index contributed by atoms with van der Waals surface area (Å²) in [7, 11) is 2.76. The van der Waals surface area contributed by atoms with Crippen molar-refractivity contribution >= 4 is 11.8 Å². The van der Waals surface area contributed by atoms with Crippen molar-refractivity contribution in [2.24, 2.45) is 0 Å². The summed E-state index contributed by atoms with van der Waals surface area (Å²) in [5.74, 6) is -1.52. The Morgan fingerprint density at radius 2 is 1.49 bits per heavy atom. The van der Waals surface area contributed by atoms with Crippen LogP contribution in [0.4, 0.5) is 26.3 Å². The van der Waals surface area contributed by atoms with E-state index in [-0.39, 0.29) is 22.4 Å². The minimum Gasteiger partial charge on any atom is -0.347 e. The molecule has 0 bridgehead atoms. The molecule has 3 rings (SSSR count). The average molecular weight is 495 g/mol. The molecule has 1 atom stereocenters. The van der Waals surface area contributed by atoms with Crippen LogP contribution in [-0.2, 0) is 17.1 Å². The van der Waals surface area contributed by atoms with Gasteiger partial charge in [0.05, 0.1) is 22.4 Å². The fraction of sp³-hybridized carbons (Fsp3) is 0.208. The molecule has 0 fully saturated rings. The maximum Gasteiger partial charge on any atom is 0.416 e. The zero-order chi connectivity index (χ0) is 26.0. The van der Waals surface area contributed by atoms with Gasteiger partial charge >= 0.3 is 12.4 Å². The number of likely N-dealkylation sites (N-methyl/N-ethyl adjacent to an activating group) is 1. The number of carbonyl (C=O) groups excluding carboxylic acids is 2. The van der Waals surface area contributed by atoms with Crippen LogP contribution in [0.1, 0.15) is 33.1 Å². The van der Waals surface area contributed by atoms with Gasteiger partial charge in [0.1, 0.15) is 6.04 Å². The van der Waals surface area contributed by atoms with Gasteiger partial charge in [-0.25, -0.2) is 0 Å². The summed E-state index contributed by atoms with van der Waals surface area (Å²) in [6.45, 7) is 0. The van der Waals surface area contributed by atoms with Crippen molar-refractivity contribution in [2.75, 3.05) is 14.1 Å². The molecule has 0 radical (unpaired) electrons. The lowest BCUT2D eigenvalue weighted by Gasteiger charge is -2.23. The third-order valence-electron chi connectivity index (χ3n) is 5.05. The van der Waals surface area contributed by atoms with Crippen molar-refractivity contribution in [1.82, 2.24) is 15.2 Å². The summed E-state index contributed by atoms with van der Waals surface area (Å²) in [6.07, 6.45) is -7.88. The van der Waals surface area contributed by atoms with Gasteiger partial charge in [-0.15, -0.1) is 0 Å². The third kappa shape index (κ3) is 5.97. The number of nitrogens with one attached hydrogen (secondary N) is 1. The predicted octanol–water partition coefficient (Wildman–Crippen LogP) is 5.35. The van der Waals surface area contributed by atoms with Gasteiger partial charge in [0, 0.05) is 25.9 Å². The number of alkyl halides is 6. The van der Waals surface area contributed by atoms with Gasteiger partial charge in [0.2, 0.25) is 5.91 Å². The van der Waals surface area contributed by atoms with Crippen molar-refractivity contribution < 1.29 is 35.9 Å². The highest BCUT2D eigenvalue weighted by Gasteiger charge is 2.33. The second-order valence-corrected chi connectivity index (χ2v) is 7.74. The molecule has 3 aromatic rings. The highest BCUT2D eigenvalue weighted by atomic mass is 19.4. The van der Waals surface area contributed by atoms with E-state index in [1.54, 1.807) is 0 Å². The molecule has 0 spiro atoms. The van der Waals surface area contributed by atoms with Crippen LogP contribution in [0, 0.1) is 0 Å². The Hall–Kier alpha value is -3.89. The normalized spacial score (nSPS) is 12.7. The number of hydrogen-bond acceptors (Lipinski definition) is 3. The first-order valence-electron chi connectivity index (χ1n) is 10.1. The lowest BCUT2D eigenvalue weighted by Crippen LogP contribution is -2.40. The highest BCUT2D eigenvalue weighted by Crippen LogP contribution is 2.33. The molecule has 2 amide bonds. The summed E-state index contributed by atoms with van der Waals surface area (Å²) in [5, 5.41) is 2.44. The molecule has 1 N–H and O–H groups in total. The van der Waals surface area contributed by atoms with Gasteiger partial charge in [-0.05, 0) is 42.0 Å². The number of nitrogens with zero attached hydrogens (tertiary/aromatic N) is 2. The number of pyridine rings is 1. The fourth-order valence-corrected chi connectivity index (χ4v) is 3.28. The maximum atomic E-state index is 13.2. The SMILES string of the molecule is CN(C)C(=O)C(NC(=O)c1cccnc1-c1ccc(C(F)(F)F)cc1)c1cccc(C(F)(F)F)c1. The maximum absolute atomic E-state index is 13.2. The Kier molecular flexibility index (Phi) is 7.18. The molecule has 1 heterocycles. The van der Waals surface area contributed by atoms with Gasteiger partial charge < -0.3 is 10.2 Å². The summed E-state index contributed by atoms with van der Waals surface area (Å²) in [6, 6.07) is 9.29. The number of benzene rings is 2. The van der Waals surface area contributed by atoms with E-state index < -0.39 is 41.3 Å². The van der Waals surface area contributed by atoms with Crippen molar-refractivity contribution in [2.45, 2.75) is 18.4 Å². The van der Waals surface area contributed by atoms with Crippen LogP contribution >= 0.6 is 0 Å². The molecule has 0 aliphatic rings. The first-order valence-corrected chi connectivity index (χ1v) is 10.1. The summed E-state index contributed by atoms with van der Waals surface area (Å²) in [4.78, 5) is 31.1. The number of amides is 2. The molecule has 1 unspecified atom stereocenters. The molecule has 11 heteroatoms. The van der Waals surface area contributed by atoms with Gasteiger partial charge in [-0.3, -0.25) is 14.6 Å². The number of rotatable bonds is 5. The first-order chi connectivity index (χ1) is 16.3. The highest BCUT2D eigenvalue weighted by molar-refractivity contribution is 6.02. The molecule has 0 aliphatic heterocycles. The lowest BCUT2D eigenvalue weighted by molar-refractivity contribution is -0.138. The quantitative estimate of drug-likeness (QED) is 0.486. The Morgan fingerprint density at radius 1 is 0.857 bits per heavy atom. The number of halogens is 6. The van der Waals surface area contributed by atoms with Gasteiger partial charge in [0.25, 0.3) is 5.91 Å². The summed E-state index contributed by atoms with van der Waals surface area (Å²) in [5.41, 5.74) is -1.79. The van der Waals surface area contributed by atoms with E-state index in [2.05, 4.69) is 10.3 Å². The molecular formula is C24H19F6N3O2. The van der Waals surface area contributed by atoms with Crippen LogP contribution in [0.25, 0.3) is 11.3 Å². The molecular weight excluding hydrogens is 476 g/mol. The monoisotopic (exact) mass is 495 g/mol. The lowest BCUT2D eigenvalue weighted by atomic mass is 10.0. The van der Waals surface area contributed by atoms with Crippen LogP contribution in [0.2, 0.25) is 0 Å². The van der Waals surface area contributed by atoms with Crippen molar-refractivity contribution in [3.63, 3.8) is 0 Å². The zero-order valence-corrected chi connectivity index (χ0v) is 18.4. The summed E-state index contributed by atoms with van der Waals surface area (Å²) >= 11 is 0. The van der Waals surface area contributed by atoms with Crippen LogP contribution < -0.4 is 5.32 Å². The van der Waals surface area contributed by atoms with Crippen molar-refractivity contribution in [3.05, 3.63) is 89.1 Å². The molecule has 184 valence electrons. The minimum absolute atomic E-state index is 0.0406. The van der Waals surface area contributed by atoms with E-state index in [0.29, 0.717) is 0 Å². The molecule has 0 saturated carbocycles. The Balaban J connectivity index is 1.98.